The molecule has 13 heavy (non-hydrogen) atoms. The Hall–Kier alpha value is -1.62. The van der Waals surface area contributed by atoms with Crippen LogP contribution in [0, 0.1) is 0 Å². The lowest BCUT2D eigenvalue weighted by Gasteiger charge is -2.05. The standard InChI is InChI=1S/C8H11N3O2/c9-5-1-2-11-6(3-5)4-7(10)8(12)13/h1-3,7H,4,10H2,(H2,9,11)(H,12,13). The van der Waals surface area contributed by atoms with Crippen LogP contribution in [-0.2, 0) is 11.2 Å². The second-order valence-corrected chi connectivity index (χ2v) is 2.73. The molecule has 1 aromatic heterocycles. The van der Waals surface area contributed by atoms with E-state index in [9.17, 15) is 4.79 Å². The van der Waals surface area contributed by atoms with Gasteiger partial charge in [0.1, 0.15) is 6.04 Å². The highest BCUT2D eigenvalue weighted by atomic mass is 16.4. The van der Waals surface area contributed by atoms with Crippen LogP contribution in [0.25, 0.3) is 0 Å². The lowest BCUT2D eigenvalue weighted by Crippen LogP contribution is -2.32. The fraction of sp³-hybridized carbons (Fsp3) is 0.250. The highest BCUT2D eigenvalue weighted by Crippen LogP contribution is 2.04. The molecule has 0 aliphatic rings. The van der Waals surface area contributed by atoms with Gasteiger partial charge in [-0.1, -0.05) is 0 Å². The van der Waals surface area contributed by atoms with Gasteiger partial charge in [-0.2, -0.15) is 0 Å². The van der Waals surface area contributed by atoms with E-state index in [1.165, 1.54) is 6.20 Å². The van der Waals surface area contributed by atoms with Crippen molar-refractivity contribution in [2.75, 3.05) is 5.73 Å². The first kappa shape index (κ1) is 9.47. The van der Waals surface area contributed by atoms with Gasteiger partial charge in [0, 0.05) is 24.0 Å². The highest BCUT2D eigenvalue weighted by Gasteiger charge is 2.12. The summed E-state index contributed by atoms with van der Waals surface area (Å²) in [4.78, 5) is 14.3. The van der Waals surface area contributed by atoms with Crippen molar-refractivity contribution in [3.05, 3.63) is 24.0 Å². The number of carboxylic acids is 1. The largest absolute Gasteiger partial charge is 0.480 e. The Labute approximate surface area is 75.4 Å². The normalized spacial score (nSPS) is 12.4. The fourth-order valence-electron chi connectivity index (χ4n) is 0.921. The summed E-state index contributed by atoms with van der Waals surface area (Å²) in [6.45, 7) is 0. The first-order valence-corrected chi connectivity index (χ1v) is 3.78. The monoisotopic (exact) mass is 181 g/mol. The average molecular weight is 181 g/mol. The number of hydrogen-bond acceptors (Lipinski definition) is 4. The fourth-order valence-corrected chi connectivity index (χ4v) is 0.921. The van der Waals surface area contributed by atoms with Crippen LogP contribution >= 0.6 is 0 Å². The van der Waals surface area contributed by atoms with Gasteiger partial charge in [-0.15, -0.1) is 0 Å². The minimum atomic E-state index is -1.04. The van der Waals surface area contributed by atoms with E-state index in [0.29, 0.717) is 11.4 Å². The van der Waals surface area contributed by atoms with Crippen LogP contribution in [0.15, 0.2) is 18.3 Å². The van der Waals surface area contributed by atoms with Crippen molar-refractivity contribution in [2.24, 2.45) is 5.73 Å². The van der Waals surface area contributed by atoms with Crippen molar-refractivity contribution >= 4 is 11.7 Å². The predicted octanol–water partition coefficient (Wildman–Crippen LogP) is -0.382. The molecule has 0 saturated carbocycles. The lowest BCUT2D eigenvalue weighted by molar-refractivity contribution is -0.138. The third-order valence-corrected chi connectivity index (χ3v) is 1.59. The number of nitrogen functional groups attached to an aromatic ring is 1. The smallest absolute Gasteiger partial charge is 0.320 e. The molecule has 1 heterocycles. The Morgan fingerprint density at radius 3 is 2.92 bits per heavy atom. The van der Waals surface area contributed by atoms with Crippen molar-refractivity contribution in [2.45, 2.75) is 12.5 Å². The summed E-state index contributed by atoms with van der Waals surface area (Å²) in [5.74, 6) is -1.04. The summed E-state index contributed by atoms with van der Waals surface area (Å²) in [7, 11) is 0. The Balaban J connectivity index is 2.69. The number of rotatable bonds is 3. The molecular weight excluding hydrogens is 170 g/mol. The van der Waals surface area contributed by atoms with Gasteiger partial charge in [0.15, 0.2) is 0 Å². The summed E-state index contributed by atoms with van der Waals surface area (Å²) in [6.07, 6.45) is 1.72. The molecule has 1 atom stereocenters. The second kappa shape index (κ2) is 3.86. The van der Waals surface area contributed by atoms with Crippen LogP contribution in [-0.4, -0.2) is 22.1 Å². The van der Waals surface area contributed by atoms with Gasteiger partial charge in [0.05, 0.1) is 0 Å². The van der Waals surface area contributed by atoms with Gasteiger partial charge in [0.2, 0.25) is 0 Å². The number of nitrogens with two attached hydrogens (primary N) is 2. The van der Waals surface area contributed by atoms with E-state index in [0.717, 1.165) is 0 Å². The third kappa shape index (κ3) is 2.72. The molecule has 1 unspecified atom stereocenters. The zero-order valence-corrected chi connectivity index (χ0v) is 6.97. The van der Waals surface area contributed by atoms with E-state index in [1.54, 1.807) is 12.1 Å². The number of hydrogen-bond donors (Lipinski definition) is 3. The van der Waals surface area contributed by atoms with Gasteiger partial charge in [-0.3, -0.25) is 9.78 Å². The molecule has 0 spiro atoms. The van der Waals surface area contributed by atoms with Crippen LogP contribution in [0.5, 0.6) is 0 Å². The van der Waals surface area contributed by atoms with Crippen LogP contribution in [0.1, 0.15) is 5.69 Å². The number of aromatic nitrogens is 1. The minimum Gasteiger partial charge on any atom is -0.480 e. The zero-order chi connectivity index (χ0) is 9.84. The average Bonchev–Trinajstić information content (AvgIpc) is 2.04. The van der Waals surface area contributed by atoms with Crippen LogP contribution in [0.4, 0.5) is 5.69 Å². The van der Waals surface area contributed by atoms with E-state index >= 15 is 0 Å². The van der Waals surface area contributed by atoms with E-state index < -0.39 is 12.0 Å². The number of pyridine rings is 1. The molecule has 5 nitrogen and oxygen atoms in total. The molecule has 0 saturated heterocycles. The Bertz CT molecular complexity index is 314. The van der Waals surface area contributed by atoms with Gasteiger partial charge in [-0.05, 0) is 12.1 Å². The van der Waals surface area contributed by atoms with Crippen LogP contribution < -0.4 is 11.5 Å². The summed E-state index contributed by atoms with van der Waals surface area (Å²) in [5, 5.41) is 8.53. The number of anilines is 1. The molecule has 0 aromatic carbocycles. The summed E-state index contributed by atoms with van der Waals surface area (Å²) in [5.41, 5.74) is 12.0. The molecule has 70 valence electrons. The van der Waals surface area contributed by atoms with E-state index in [1.807, 2.05) is 0 Å². The van der Waals surface area contributed by atoms with E-state index in [4.69, 9.17) is 16.6 Å². The number of carbonyl (C=O) groups is 1. The summed E-state index contributed by atoms with van der Waals surface area (Å²) >= 11 is 0. The molecule has 0 aliphatic heterocycles. The first-order chi connectivity index (χ1) is 6.09. The lowest BCUT2D eigenvalue weighted by atomic mass is 10.1. The molecule has 5 N–H and O–H groups in total. The minimum absolute atomic E-state index is 0.195. The quantitative estimate of drug-likeness (QED) is 0.589. The SMILES string of the molecule is Nc1ccnc(CC(N)C(=O)O)c1. The molecule has 1 aromatic rings. The summed E-state index contributed by atoms with van der Waals surface area (Å²) < 4.78 is 0. The van der Waals surface area contributed by atoms with Crippen molar-refractivity contribution in [3.8, 4) is 0 Å². The van der Waals surface area contributed by atoms with Crippen molar-refractivity contribution in [1.82, 2.24) is 4.98 Å². The topological polar surface area (TPSA) is 102 Å². The van der Waals surface area contributed by atoms with E-state index in [-0.39, 0.29) is 6.42 Å². The molecule has 0 aliphatic carbocycles. The molecule has 5 heteroatoms. The highest BCUT2D eigenvalue weighted by molar-refractivity contribution is 5.73. The van der Waals surface area contributed by atoms with Gasteiger partial charge >= 0.3 is 5.97 Å². The maximum atomic E-state index is 10.4. The van der Waals surface area contributed by atoms with Gasteiger partial charge in [0.25, 0.3) is 0 Å². The van der Waals surface area contributed by atoms with Crippen molar-refractivity contribution < 1.29 is 9.90 Å². The molecule has 0 fully saturated rings. The Morgan fingerprint density at radius 2 is 2.38 bits per heavy atom. The number of carboxylic acid groups (broad SMARTS) is 1. The summed E-state index contributed by atoms with van der Waals surface area (Å²) in [6, 6.07) is 2.33. The molecule has 0 radical (unpaired) electrons. The van der Waals surface area contributed by atoms with Crippen LogP contribution in [0.3, 0.4) is 0 Å². The Kier molecular flexibility index (Phi) is 2.81. The molecule has 1 rings (SSSR count). The zero-order valence-electron chi connectivity index (χ0n) is 6.97. The second-order valence-electron chi connectivity index (χ2n) is 2.73. The molecule has 0 amide bonds. The van der Waals surface area contributed by atoms with Crippen molar-refractivity contribution in [1.29, 1.82) is 0 Å². The van der Waals surface area contributed by atoms with E-state index in [2.05, 4.69) is 4.98 Å². The van der Waals surface area contributed by atoms with Gasteiger partial charge in [-0.25, -0.2) is 0 Å². The maximum absolute atomic E-state index is 10.4. The Morgan fingerprint density at radius 1 is 1.69 bits per heavy atom. The number of aliphatic carboxylic acids is 1. The number of nitrogens with zero attached hydrogens (tertiary/aromatic N) is 1. The predicted molar refractivity (Wildman–Crippen MR) is 48.0 cm³/mol. The van der Waals surface area contributed by atoms with Crippen molar-refractivity contribution in [3.63, 3.8) is 0 Å². The maximum Gasteiger partial charge on any atom is 0.320 e. The molecule has 0 bridgehead atoms. The van der Waals surface area contributed by atoms with Gasteiger partial charge < -0.3 is 16.6 Å². The molecular formula is C8H11N3O2. The third-order valence-electron chi connectivity index (χ3n) is 1.59. The first-order valence-electron chi connectivity index (χ1n) is 3.78. The van der Waals surface area contributed by atoms with Crippen LogP contribution in [0.2, 0.25) is 0 Å².